The molecule has 0 aliphatic rings. The van der Waals surface area contributed by atoms with Crippen LogP contribution < -0.4 is 10.2 Å². The summed E-state index contributed by atoms with van der Waals surface area (Å²) in [5.41, 5.74) is 0. The second-order valence-corrected chi connectivity index (χ2v) is 4.52. The van der Waals surface area contributed by atoms with Crippen LogP contribution in [0.15, 0.2) is 6.07 Å². The van der Waals surface area contributed by atoms with E-state index in [4.69, 9.17) is 5.11 Å². The Morgan fingerprint density at radius 2 is 1.95 bits per heavy atom. The van der Waals surface area contributed by atoms with Crippen LogP contribution in [0.5, 0.6) is 0 Å². The van der Waals surface area contributed by atoms with Crippen molar-refractivity contribution in [3.8, 4) is 0 Å². The normalized spacial score (nSPS) is 10.5. The van der Waals surface area contributed by atoms with Gasteiger partial charge in [-0.2, -0.15) is 0 Å². The van der Waals surface area contributed by atoms with Crippen LogP contribution in [0.25, 0.3) is 0 Å². The minimum atomic E-state index is 0.142. The van der Waals surface area contributed by atoms with Crippen molar-refractivity contribution in [2.75, 3.05) is 36.5 Å². The summed E-state index contributed by atoms with van der Waals surface area (Å²) in [6, 6.07) is 1.97. The van der Waals surface area contributed by atoms with E-state index in [0.29, 0.717) is 6.54 Å². The molecule has 0 saturated heterocycles. The van der Waals surface area contributed by atoms with Gasteiger partial charge in [0.15, 0.2) is 0 Å². The molecular formula is C14H26N4O. The summed E-state index contributed by atoms with van der Waals surface area (Å²) in [5, 5.41) is 12.5. The van der Waals surface area contributed by atoms with Gasteiger partial charge in [-0.1, -0.05) is 20.8 Å². The van der Waals surface area contributed by atoms with Crippen molar-refractivity contribution in [2.45, 2.75) is 40.0 Å². The van der Waals surface area contributed by atoms with Crippen molar-refractivity contribution < 1.29 is 5.11 Å². The van der Waals surface area contributed by atoms with Crippen molar-refractivity contribution in [2.24, 2.45) is 0 Å². The molecule has 0 amide bonds. The number of aliphatic hydroxyl groups is 1. The Morgan fingerprint density at radius 1 is 1.16 bits per heavy atom. The Labute approximate surface area is 116 Å². The number of aromatic nitrogens is 2. The summed E-state index contributed by atoms with van der Waals surface area (Å²) >= 11 is 0. The van der Waals surface area contributed by atoms with E-state index in [0.717, 1.165) is 49.8 Å². The third kappa shape index (κ3) is 5.03. The van der Waals surface area contributed by atoms with Crippen LogP contribution in [0.1, 0.15) is 39.4 Å². The first-order valence-electron chi connectivity index (χ1n) is 7.22. The molecule has 0 fully saturated rings. The predicted octanol–water partition coefficient (Wildman–Crippen LogP) is 2.07. The van der Waals surface area contributed by atoms with Gasteiger partial charge in [0.2, 0.25) is 0 Å². The smallest absolute Gasteiger partial charge is 0.134 e. The van der Waals surface area contributed by atoms with Gasteiger partial charge in [0.25, 0.3) is 0 Å². The average molecular weight is 266 g/mol. The number of aryl methyl sites for hydroxylation is 1. The third-order valence-electron chi connectivity index (χ3n) is 2.82. The molecule has 0 aromatic carbocycles. The fraction of sp³-hybridized carbons (Fsp3) is 0.714. The van der Waals surface area contributed by atoms with Gasteiger partial charge in [-0.15, -0.1) is 0 Å². The summed E-state index contributed by atoms with van der Waals surface area (Å²) in [4.78, 5) is 11.2. The highest BCUT2D eigenvalue weighted by Crippen LogP contribution is 2.16. The quantitative estimate of drug-likeness (QED) is 0.716. The van der Waals surface area contributed by atoms with Crippen LogP contribution in [-0.4, -0.2) is 41.3 Å². The minimum absolute atomic E-state index is 0.142. The lowest BCUT2D eigenvalue weighted by molar-refractivity contribution is 0.301. The number of anilines is 2. The minimum Gasteiger partial charge on any atom is -0.395 e. The van der Waals surface area contributed by atoms with Crippen LogP contribution in [-0.2, 0) is 6.42 Å². The first-order chi connectivity index (χ1) is 9.24. The van der Waals surface area contributed by atoms with E-state index in [1.54, 1.807) is 0 Å². The molecule has 0 saturated carbocycles. The van der Waals surface area contributed by atoms with E-state index in [1.807, 2.05) is 6.07 Å². The largest absolute Gasteiger partial charge is 0.395 e. The number of rotatable bonds is 9. The van der Waals surface area contributed by atoms with Gasteiger partial charge < -0.3 is 15.3 Å². The number of aliphatic hydroxyl groups excluding tert-OH is 1. The molecule has 1 aromatic heterocycles. The molecule has 0 aliphatic carbocycles. The first-order valence-corrected chi connectivity index (χ1v) is 7.22. The highest BCUT2D eigenvalue weighted by atomic mass is 16.3. The number of hydrogen-bond acceptors (Lipinski definition) is 5. The van der Waals surface area contributed by atoms with Gasteiger partial charge in [-0.05, 0) is 12.8 Å². The summed E-state index contributed by atoms with van der Waals surface area (Å²) < 4.78 is 0. The lowest BCUT2D eigenvalue weighted by Crippen LogP contribution is -2.28. The molecule has 0 atom stereocenters. The van der Waals surface area contributed by atoms with E-state index < -0.39 is 0 Å². The molecule has 5 nitrogen and oxygen atoms in total. The van der Waals surface area contributed by atoms with Crippen molar-refractivity contribution >= 4 is 11.6 Å². The molecule has 0 aliphatic heterocycles. The summed E-state index contributed by atoms with van der Waals surface area (Å²) in [6.07, 6.45) is 2.91. The van der Waals surface area contributed by atoms with Gasteiger partial charge >= 0.3 is 0 Å². The maximum atomic E-state index is 9.16. The average Bonchev–Trinajstić information content (AvgIpc) is 2.44. The fourth-order valence-electron chi connectivity index (χ4n) is 1.88. The second kappa shape index (κ2) is 8.69. The molecule has 0 bridgehead atoms. The molecular weight excluding hydrogens is 240 g/mol. The van der Waals surface area contributed by atoms with Crippen molar-refractivity contribution in [3.05, 3.63) is 11.9 Å². The van der Waals surface area contributed by atoms with Crippen LogP contribution in [0.2, 0.25) is 0 Å². The Morgan fingerprint density at radius 3 is 2.53 bits per heavy atom. The molecule has 5 heteroatoms. The lowest BCUT2D eigenvalue weighted by Gasteiger charge is -2.23. The Hall–Kier alpha value is -1.36. The van der Waals surface area contributed by atoms with E-state index in [9.17, 15) is 0 Å². The van der Waals surface area contributed by atoms with Crippen LogP contribution in [0.4, 0.5) is 11.6 Å². The summed E-state index contributed by atoms with van der Waals surface area (Å²) in [7, 11) is 0. The van der Waals surface area contributed by atoms with Crippen molar-refractivity contribution in [1.82, 2.24) is 9.97 Å². The van der Waals surface area contributed by atoms with Gasteiger partial charge in [-0.3, -0.25) is 0 Å². The van der Waals surface area contributed by atoms with Crippen molar-refractivity contribution in [1.29, 1.82) is 0 Å². The zero-order chi connectivity index (χ0) is 14.1. The first kappa shape index (κ1) is 15.7. The Bertz CT molecular complexity index is 364. The molecule has 1 rings (SSSR count). The standard InChI is InChI=1S/C14H26N4O/c1-4-7-15-13-11-14(17-12(6-3)16-13)18(8-5-2)9-10-19/h11,19H,4-10H2,1-3H3,(H,15,16,17). The fourth-order valence-corrected chi connectivity index (χ4v) is 1.88. The maximum Gasteiger partial charge on any atom is 0.134 e. The molecule has 108 valence electrons. The Balaban J connectivity index is 2.95. The van der Waals surface area contributed by atoms with E-state index in [1.165, 1.54) is 0 Å². The van der Waals surface area contributed by atoms with Crippen LogP contribution in [0.3, 0.4) is 0 Å². The molecule has 0 radical (unpaired) electrons. The maximum absolute atomic E-state index is 9.16. The SMILES string of the molecule is CCCNc1cc(N(CCC)CCO)nc(CC)n1. The van der Waals surface area contributed by atoms with Gasteiger partial charge in [0.05, 0.1) is 6.61 Å². The third-order valence-corrected chi connectivity index (χ3v) is 2.82. The zero-order valence-electron chi connectivity index (χ0n) is 12.3. The molecule has 0 spiro atoms. The highest BCUT2D eigenvalue weighted by Gasteiger charge is 2.10. The Kier molecular flexibility index (Phi) is 7.18. The molecule has 0 unspecified atom stereocenters. The number of hydrogen-bond donors (Lipinski definition) is 2. The molecule has 2 N–H and O–H groups in total. The van der Waals surface area contributed by atoms with Crippen LogP contribution in [0, 0.1) is 0 Å². The van der Waals surface area contributed by atoms with Crippen LogP contribution >= 0.6 is 0 Å². The molecule has 19 heavy (non-hydrogen) atoms. The monoisotopic (exact) mass is 266 g/mol. The van der Waals surface area contributed by atoms with E-state index in [2.05, 4.69) is 41.0 Å². The molecule has 1 aromatic rings. The van der Waals surface area contributed by atoms with Gasteiger partial charge in [0, 0.05) is 32.1 Å². The summed E-state index contributed by atoms with van der Waals surface area (Å²) in [6.45, 7) is 8.87. The van der Waals surface area contributed by atoms with Gasteiger partial charge in [0.1, 0.15) is 17.5 Å². The molecule has 1 heterocycles. The second-order valence-electron chi connectivity index (χ2n) is 4.52. The lowest BCUT2D eigenvalue weighted by atomic mass is 10.3. The number of nitrogens with zero attached hydrogens (tertiary/aromatic N) is 3. The van der Waals surface area contributed by atoms with E-state index >= 15 is 0 Å². The topological polar surface area (TPSA) is 61.3 Å². The van der Waals surface area contributed by atoms with Crippen molar-refractivity contribution in [3.63, 3.8) is 0 Å². The zero-order valence-corrected chi connectivity index (χ0v) is 12.3. The van der Waals surface area contributed by atoms with Gasteiger partial charge in [-0.25, -0.2) is 9.97 Å². The number of nitrogens with one attached hydrogen (secondary N) is 1. The highest BCUT2D eigenvalue weighted by molar-refractivity contribution is 5.49. The predicted molar refractivity (Wildman–Crippen MR) is 79.8 cm³/mol. The van der Waals surface area contributed by atoms with E-state index in [-0.39, 0.29) is 6.61 Å². The summed E-state index contributed by atoms with van der Waals surface area (Å²) in [5.74, 6) is 2.62.